The number of ether oxygens (including phenoxy) is 2. The molecule has 0 bridgehead atoms. The molecule has 260 valence electrons. The van der Waals surface area contributed by atoms with E-state index in [0.29, 0.717) is 24.0 Å². The maximum atomic E-state index is 11.1. The van der Waals surface area contributed by atoms with Crippen LogP contribution in [-0.4, -0.2) is 94.3 Å². The molecule has 1 aliphatic carbocycles. The zero-order chi connectivity index (χ0) is 34.7. The molecular weight excluding hydrogens is 618 g/mol. The van der Waals surface area contributed by atoms with Crippen LogP contribution in [0.5, 0.6) is 17.2 Å². The van der Waals surface area contributed by atoms with Crippen LogP contribution < -0.4 is 10.6 Å². The van der Waals surface area contributed by atoms with Crippen LogP contribution in [0, 0.1) is 17.8 Å². The number of rotatable bonds is 13. The predicted octanol–water partition coefficient (Wildman–Crippen LogP) is 2.97. The SMILES string of the molecule is C=CC(C/C(O)=C(/O)CO)[C@@H]1CCc2c(O)cc(O)c(CC3C(O)=CC(O)=C4C[C@@H](ON)[C@@H](C(C)CC(O)C(O)C(=C)O)OC43)c2O1. The molecule has 1 fully saturated rings. The Kier molecular flexibility index (Phi) is 11.4. The number of fused-ring (bicyclic) bond motifs is 2. The number of hydrogen-bond donors (Lipinski definition) is 11. The van der Waals surface area contributed by atoms with E-state index in [-0.39, 0.29) is 60.0 Å². The number of phenols is 2. The molecule has 9 atom stereocenters. The van der Waals surface area contributed by atoms with Crippen LogP contribution in [0.2, 0.25) is 0 Å². The molecule has 14 heteroatoms. The van der Waals surface area contributed by atoms with Crippen LogP contribution in [-0.2, 0) is 22.4 Å². The van der Waals surface area contributed by atoms with Crippen LogP contribution in [0.1, 0.15) is 43.7 Å². The van der Waals surface area contributed by atoms with E-state index in [0.717, 1.165) is 0 Å². The summed E-state index contributed by atoms with van der Waals surface area (Å²) in [6.07, 6.45) is -2.87. The Morgan fingerprint density at radius 3 is 2.45 bits per heavy atom. The Bertz CT molecular complexity index is 1440. The number of hydrogen-bond acceptors (Lipinski definition) is 14. The highest BCUT2D eigenvalue weighted by molar-refractivity contribution is 5.58. The zero-order valence-corrected chi connectivity index (χ0v) is 26.1. The van der Waals surface area contributed by atoms with Gasteiger partial charge in [0.25, 0.3) is 0 Å². The lowest BCUT2D eigenvalue weighted by molar-refractivity contribution is -0.157. The van der Waals surface area contributed by atoms with Crippen LogP contribution in [0.3, 0.4) is 0 Å². The Morgan fingerprint density at radius 1 is 1.13 bits per heavy atom. The van der Waals surface area contributed by atoms with Crippen molar-refractivity contribution in [3.05, 3.63) is 76.9 Å². The van der Waals surface area contributed by atoms with Gasteiger partial charge in [-0.3, -0.25) is 4.84 Å². The predicted molar refractivity (Wildman–Crippen MR) is 168 cm³/mol. The van der Waals surface area contributed by atoms with Gasteiger partial charge in [0.05, 0.1) is 24.2 Å². The Hall–Kier alpha value is -3.92. The molecule has 0 spiro atoms. The van der Waals surface area contributed by atoms with Crippen molar-refractivity contribution < 1.29 is 65.4 Å². The maximum Gasteiger partial charge on any atom is 0.155 e. The second-order valence-electron chi connectivity index (χ2n) is 12.5. The number of nitrogens with two attached hydrogens (primary N) is 1. The van der Waals surface area contributed by atoms with Crippen molar-refractivity contribution in [3.63, 3.8) is 0 Å². The topological polar surface area (TPSA) is 256 Å². The monoisotopic (exact) mass is 663 g/mol. The minimum atomic E-state index is -1.60. The van der Waals surface area contributed by atoms with Gasteiger partial charge in [0.15, 0.2) is 5.76 Å². The summed E-state index contributed by atoms with van der Waals surface area (Å²) in [5.74, 6) is 1.20. The van der Waals surface area contributed by atoms with Gasteiger partial charge in [-0.15, -0.1) is 6.58 Å². The maximum absolute atomic E-state index is 11.1. The number of phenolic OH excluding ortho intramolecular Hbond substituents is 2. The van der Waals surface area contributed by atoms with E-state index in [2.05, 4.69) is 13.2 Å². The molecule has 0 radical (unpaired) electrons. The fourth-order valence-electron chi connectivity index (χ4n) is 6.69. The Labute approximate surface area is 271 Å². The third kappa shape index (κ3) is 7.48. The molecule has 3 aliphatic rings. The summed E-state index contributed by atoms with van der Waals surface area (Å²) in [6.45, 7) is 8.03. The van der Waals surface area contributed by atoms with Gasteiger partial charge >= 0.3 is 0 Å². The van der Waals surface area contributed by atoms with Gasteiger partial charge in [0.1, 0.15) is 65.2 Å². The van der Waals surface area contributed by atoms with E-state index < -0.39 is 78.3 Å². The Balaban J connectivity index is 1.65. The summed E-state index contributed by atoms with van der Waals surface area (Å²) in [6, 6.07) is 1.18. The molecule has 0 amide bonds. The molecule has 1 saturated heterocycles. The van der Waals surface area contributed by atoms with Crippen molar-refractivity contribution >= 4 is 0 Å². The number of aliphatic hydroxyl groups excluding tert-OH is 8. The second kappa shape index (κ2) is 14.9. The van der Waals surface area contributed by atoms with Gasteiger partial charge in [-0.25, -0.2) is 5.90 Å². The van der Waals surface area contributed by atoms with Crippen molar-refractivity contribution in [1.82, 2.24) is 0 Å². The quantitative estimate of drug-likeness (QED) is 0.0824. The molecule has 4 rings (SSSR count). The van der Waals surface area contributed by atoms with Gasteiger partial charge in [0.2, 0.25) is 0 Å². The standard InChI is InChI=1S/C33H45NO13/c1-4-16(8-25(41)27(43)13-35)28-6-5-17-21(37)11-22(38)18(32(17)45-28)9-19-23(39)12-24(40)20-10-29(47-34)31(46-33(19)20)14(2)7-26(42)30(44)15(3)36/h4,11-12,14,16,19,26,28-31,33,35-44H,1,3,5-10,13,34H2,2H3/b27-25-/t14?,16?,19?,26?,28-,29+,30?,31+,33?/m0/s1. The summed E-state index contributed by atoms with van der Waals surface area (Å²) >= 11 is 0. The van der Waals surface area contributed by atoms with Gasteiger partial charge in [-0.1, -0.05) is 19.6 Å². The first kappa shape index (κ1) is 35.9. The first-order valence-electron chi connectivity index (χ1n) is 15.4. The van der Waals surface area contributed by atoms with E-state index in [1.54, 1.807) is 6.92 Å². The number of benzene rings is 1. The first-order valence-corrected chi connectivity index (χ1v) is 15.4. The van der Waals surface area contributed by atoms with E-state index in [9.17, 15) is 51.1 Å². The first-order chi connectivity index (χ1) is 22.2. The summed E-state index contributed by atoms with van der Waals surface area (Å²) in [7, 11) is 0. The molecule has 1 aromatic rings. The normalized spacial score (nSPS) is 27.3. The summed E-state index contributed by atoms with van der Waals surface area (Å²) in [5, 5.41) is 103. The zero-order valence-electron chi connectivity index (χ0n) is 26.1. The average Bonchev–Trinajstić information content (AvgIpc) is 3.04. The van der Waals surface area contributed by atoms with Crippen LogP contribution in [0.25, 0.3) is 0 Å². The van der Waals surface area contributed by atoms with Gasteiger partial charge in [0, 0.05) is 47.6 Å². The van der Waals surface area contributed by atoms with Crippen molar-refractivity contribution in [2.24, 2.45) is 23.7 Å². The van der Waals surface area contributed by atoms with Crippen molar-refractivity contribution in [1.29, 1.82) is 0 Å². The lowest BCUT2D eigenvalue weighted by Gasteiger charge is -2.44. The number of allylic oxidation sites excluding steroid dienone is 2. The molecule has 0 saturated carbocycles. The molecule has 1 aromatic carbocycles. The Morgan fingerprint density at radius 2 is 1.83 bits per heavy atom. The molecule has 0 aromatic heterocycles. The highest BCUT2D eigenvalue weighted by atomic mass is 16.6. The lowest BCUT2D eigenvalue weighted by Crippen LogP contribution is -2.51. The molecular formula is C33H45NO13. The van der Waals surface area contributed by atoms with E-state index in [4.69, 9.17) is 20.2 Å². The highest BCUT2D eigenvalue weighted by Gasteiger charge is 2.46. The second-order valence-corrected chi connectivity index (χ2v) is 12.5. The van der Waals surface area contributed by atoms with E-state index in [1.165, 1.54) is 18.2 Å². The van der Waals surface area contributed by atoms with Crippen LogP contribution in [0.15, 0.2) is 65.7 Å². The number of aliphatic hydroxyl groups is 8. The van der Waals surface area contributed by atoms with Crippen molar-refractivity contribution in [2.75, 3.05) is 6.61 Å². The minimum Gasteiger partial charge on any atom is -0.512 e. The van der Waals surface area contributed by atoms with Crippen molar-refractivity contribution in [3.8, 4) is 17.2 Å². The molecule has 47 heavy (non-hydrogen) atoms. The average molecular weight is 664 g/mol. The molecule has 2 aliphatic heterocycles. The smallest absolute Gasteiger partial charge is 0.155 e. The fraction of sp³-hybridized carbons (Fsp3) is 0.515. The fourth-order valence-corrected chi connectivity index (χ4v) is 6.69. The summed E-state index contributed by atoms with van der Waals surface area (Å²) in [4.78, 5) is 5.18. The van der Waals surface area contributed by atoms with Crippen LogP contribution >= 0.6 is 0 Å². The minimum absolute atomic E-state index is 0.0533. The largest absolute Gasteiger partial charge is 0.512 e. The third-order valence-electron chi connectivity index (χ3n) is 9.35. The number of aromatic hydroxyl groups is 2. The summed E-state index contributed by atoms with van der Waals surface area (Å²) in [5.41, 5.74) is 1.03. The van der Waals surface area contributed by atoms with E-state index in [1.807, 2.05) is 0 Å². The third-order valence-corrected chi connectivity index (χ3v) is 9.35. The molecule has 12 N–H and O–H groups in total. The van der Waals surface area contributed by atoms with Crippen LogP contribution in [0.4, 0.5) is 0 Å². The lowest BCUT2D eigenvalue weighted by atomic mass is 9.77. The molecule has 14 nitrogen and oxygen atoms in total. The van der Waals surface area contributed by atoms with Gasteiger partial charge < -0.3 is 60.5 Å². The molecule has 2 heterocycles. The molecule has 6 unspecified atom stereocenters. The van der Waals surface area contributed by atoms with Gasteiger partial charge in [-0.05, 0) is 31.6 Å². The summed E-state index contributed by atoms with van der Waals surface area (Å²) < 4.78 is 12.7. The van der Waals surface area contributed by atoms with E-state index >= 15 is 0 Å². The van der Waals surface area contributed by atoms with Gasteiger partial charge in [-0.2, -0.15) is 0 Å². The van der Waals surface area contributed by atoms with Crippen molar-refractivity contribution in [2.45, 2.75) is 82.1 Å². The highest BCUT2D eigenvalue weighted by Crippen LogP contribution is 2.48.